The van der Waals surface area contributed by atoms with E-state index in [1.54, 1.807) is 43.6 Å². The number of likely N-dealkylation sites (tertiary alicyclic amines) is 1. The molecule has 2 aromatic heterocycles. The van der Waals surface area contributed by atoms with E-state index in [-0.39, 0.29) is 84.8 Å². The van der Waals surface area contributed by atoms with Crippen molar-refractivity contribution in [1.82, 2.24) is 25.5 Å². The number of urea groups is 1. The lowest BCUT2D eigenvalue weighted by atomic mass is 9.89. The number of sulfone groups is 2. The number of benzene rings is 2. The van der Waals surface area contributed by atoms with Gasteiger partial charge in [-0.3, -0.25) is 29.5 Å². The first kappa shape index (κ1) is 46.0. The van der Waals surface area contributed by atoms with E-state index in [0.717, 1.165) is 11.1 Å². The Morgan fingerprint density at radius 2 is 1.12 bits per heavy atom. The molecule has 2 saturated heterocycles. The summed E-state index contributed by atoms with van der Waals surface area (Å²) in [7, 11) is -6.09. The maximum atomic E-state index is 14.9. The van der Waals surface area contributed by atoms with Gasteiger partial charge in [-0.1, -0.05) is 24.3 Å². The van der Waals surface area contributed by atoms with Crippen molar-refractivity contribution in [2.24, 2.45) is 21.5 Å². The van der Waals surface area contributed by atoms with E-state index in [1.165, 1.54) is 55.3 Å². The van der Waals surface area contributed by atoms with E-state index >= 15 is 0 Å². The van der Waals surface area contributed by atoms with E-state index in [0.29, 0.717) is 16.8 Å². The molecule has 16 nitrogen and oxygen atoms in total. The van der Waals surface area contributed by atoms with Crippen molar-refractivity contribution in [3.05, 3.63) is 129 Å². The Labute approximate surface area is 369 Å². The Hall–Kier alpha value is -5.99. The highest BCUT2D eigenvalue weighted by Crippen LogP contribution is 2.43. The number of carbonyl (C=O) groups is 3. The average molecular weight is 918 g/mol. The molecule has 4 aliphatic rings. The lowest BCUT2D eigenvalue weighted by molar-refractivity contribution is 0.0980. The van der Waals surface area contributed by atoms with Gasteiger partial charge >= 0.3 is 6.03 Å². The molecule has 0 aliphatic carbocycles. The van der Waals surface area contributed by atoms with Gasteiger partial charge in [-0.25, -0.2) is 30.4 Å². The minimum absolute atomic E-state index is 0.000246. The van der Waals surface area contributed by atoms with Crippen molar-refractivity contribution in [1.29, 1.82) is 0 Å². The molecule has 20 heteroatoms. The Morgan fingerprint density at radius 1 is 0.703 bits per heavy atom. The zero-order valence-electron chi connectivity index (χ0n) is 35.9. The first-order valence-corrected chi connectivity index (χ1v) is 23.6. The van der Waals surface area contributed by atoms with Crippen LogP contribution in [0.5, 0.6) is 0 Å². The number of halogens is 2. The van der Waals surface area contributed by atoms with Crippen molar-refractivity contribution in [3.8, 4) is 0 Å². The Bertz CT molecular complexity index is 2850. The normalized spacial score (nSPS) is 23.3. The van der Waals surface area contributed by atoms with E-state index < -0.39 is 63.7 Å². The molecular formula is C44H49F2N9O7S2. The van der Waals surface area contributed by atoms with Gasteiger partial charge in [0.05, 0.1) is 24.6 Å². The number of aromatic nitrogens is 2. The molecule has 8 rings (SSSR count). The van der Waals surface area contributed by atoms with Crippen molar-refractivity contribution in [2.75, 3.05) is 44.7 Å². The molecule has 0 unspecified atom stereocenters. The zero-order valence-corrected chi connectivity index (χ0v) is 37.5. The summed E-state index contributed by atoms with van der Waals surface area (Å²) in [6.07, 6.45) is 3.19. The standard InChI is InChI=1S/C23H26FN5O4S.C21H23FN4O3S/c1-14-4-7-18(27-10-14)19(30)9-15-5-6-17(24)16(8-15)22(2)13-34(32,33)23(20(25)28-22)11-29(12-23)21(31)26-3;1-13-3-6-17(25-9-13)18(27)8-14-4-5-16(22)15(7-14)20(2)12-30(28,29)21(10-24-11-21)19(23)26-20/h4-8,10H,9,11-13H2,1-3H3,(H2,25,28)(H,26,31);3-7,9,24H,8,10-12H2,1-2H3,(H2,23,26)/t22-;20-/m00/s1. The number of hydrogen-bond donors (Lipinski definition) is 4. The molecule has 64 heavy (non-hydrogen) atoms. The lowest BCUT2D eigenvalue weighted by Gasteiger charge is -2.51. The number of rotatable bonds is 8. The average Bonchev–Trinajstić information content (AvgIpc) is 3.17. The summed E-state index contributed by atoms with van der Waals surface area (Å²) in [5.74, 6) is -2.66. The molecule has 2 aromatic carbocycles. The van der Waals surface area contributed by atoms with Gasteiger partial charge in [-0.05, 0) is 86.3 Å². The number of nitrogens with one attached hydrogen (secondary N) is 2. The molecule has 0 saturated carbocycles. The largest absolute Gasteiger partial charge is 0.386 e. The minimum Gasteiger partial charge on any atom is -0.386 e. The van der Waals surface area contributed by atoms with Crippen LogP contribution in [0.15, 0.2) is 83.0 Å². The Morgan fingerprint density at radius 3 is 1.47 bits per heavy atom. The summed E-state index contributed by atoms with van der Waals surface area (Å²) in [4.78, 5) is 55.5. The van der Waals surface area contributed by atoms with Gasteiger partial charge < -0.3 is 27.0 Å². The molecule has 2 fully saturated rings. The fraction of sp³-hybridized carbons (Fsp3) is 0.386. The first-order valence-electron chi connectivity index (χ1n) is 20.3. The maximum Gasteiger partial charge on any atom is 0.317 e. The third-order valence-corrected chi connectivity index (χ3v) is 17.6. The molecular weight excluding hydrogens is 869 g/mol. The summed E-state index contributed by atoms with van der Waals surface area (Å²) in [6, 6.07) is 14.8. The van der Waals surface area contributed by atoms with Crippen LogP contribution in [0.4, 0.5) is 13.6 Å². The number of nitrogens with two attached hydrogens (primary N) is 2. The van der Waals surface area contributed by atoms with Crippen LogP contribution < -0.4 is 22.1 Å². The molecule has 0 bridgehead atoms. The molecule has 338 valence electrons. The molecule has 4 aromatic rings. The van der Waals surface area contributed by atoms with E-state index in [1.807, 2.05) is 13.8 Å². The molecule has 4 aliphatic heterocycles. The summed E-state index contributed by atoms with van der Waals surface area (Å²) in [6.45, 7) is 7.00. The van der Waals surface area contributed by atoms with Crippen LogP contribution >= 0.6 is 0 Å². The highest BCUT2D eigenvalue weighted by Gasteiger charge is 2.62. The fourth-order valence-corrected chi connectivity index (χ4v) is 13.0. The van der Waals surface area contributed by atoms with Crippen LogP contribution in [-0.2, 0) is 43.6 Å². The number of amides is 2. The molecule has 2 spiro atoms. The van der Waals surface area contributed by atoms with Gasteiger partial charge in [0.2, 0.25) is 0 Å². The lowest BCUT2D eigenvalue weighted by Crippen LogP contribution is -2.76. The van der Waals surface area contributed by atoms with Crippen molar-refractivity contribution in [2.45, 2.75) is 61.1 Å². The van der Waals surface area contributed by atoms with Gasteiger partial charge in [0.15, 0.2) is 40.7 Å². The van der Waals surface area contributed by atoms with E-state index in [4.69, 9.17) is 11.5 Å². The topological polar surface area (TPSA) is 249 Å². The smallest absolute Gasteiger partial charge is 0.317 e. The third kappa shape index (κ3) is 8.17. The predicted molar refractivity (Wildman–Crippen MR) is 237 cm³/mol. The first-order chi connectivity index (χ1) is 30.0. The van der Waals surface area contributed by atoms with Crippen LogP contribution in [-0.4, -0.2) is 115 Å². The number of ketones is 2. The summed E-state index contributed by atoms with van der Waals surface area (Å²) in [5.41, 5.74) is 13.1. The number of nitrogens with zero attached hydrogens (tertiary/aromatic N) is 5. The molecule has 2 amide bonds. The maximum absolute atomic E-state index is 14.9. The molecule has 0 radical (unpaired) electrons. The highest BCUT2D eigenvalue weighted by atomic mass is 32.2. The number of carbonyl (C=O) groups excluding carboxylic acids is 3. The van der Waals surface area contributed by atoms with Crippen molar-refractivity contribution >= 4 is 48.9 Å². The van der Waals surface area contributed by atoms with Crippen LogP contribution in [0, 0.1) is 25.5 Å². The van der Waals surface area contributed by atoms with Gasteiger partial charge in [-0.2, -0.15) is 0 Å². The van der Waals surface area contributed by atoms with Crippen LogP contribution in [0.25, 0.3) is 0 Å². The Balaban J connectivity index is 0.000000193. The SMILES string of the molecule is CNC(=O)N1CC2(C1)C(N)=N[C@](C)(c1cc(CC(=O)c3ccc(C)cn3)ccc1F)CS2(=O)=O.Cc1ccc(C(=O)Cc2ccc(F)c([C@]3(C)CS(=O)(=O)C4(CNC4)C(N)=N3)c2)nc1. The van der Waals surface area contributed by atoms with Gasteiger partial charge in [0, 0.05) is 56.5 Å². The quantitative estimate of drug-likeness (QED) is 0.186. The Kier molecular flexibility index (Phi) is 11.9. The molecule has 6 heterocycles. The van der Waals surface area contributed by atoms with Crippen molar-refractivity contribution in [3.63, 3.8) is 0 Å². The van der Waals surface area contributed by atoms with Gasteiger partial charge in [0.25, 0.3) is 0 Å². The number of pyridine rings is 2. The minimum atomic E-state index is -3.89. The number of amidine groups is 2. The molecule has 2 atom stereocenters. The number of aryl methyl sites for hydroxylation is 2. The third-order valence-electron chi connectivity index (χ3n) is 12.4. The fourth-order valence-electron chi connectivity index (χ4n) is 8.40. The van der Waals surface area contributed by atoms with Gasteiger partial charge in [-0.15, -0.1) is 0 Å². The highest BCUT2D eigenvalue weighted by molar-refractivity contribution is 7.94. The number of aliphatic imine (C=N–C) groups is 2. The van der Waals surface area contributed by atoms with Crippen LogP contribution in [0.3, 0.4) is 0 Å². The second-order valence-corrected chi connectivity index (χ2v) is 21.9. The summed E-state index contributed by atoms with van der Waals surface area (Å²) in [5, 5.41) is 5.38. The zero-order chi connectivity index (χ0) is 46.6. The summed E-state index contributed by atoms with van der Waals surface area (Å²) < 4.78 is 79.6. The van der Waals surface area contributed by atoms with E-state index in [9.17, 15) is 40.0 Å². The molecule has 6 N–H and O–H groups in total. The van der Waals surface area contributed by atoms with Crippen LogP contribution in [0.2, 0.25) is 0 Å². The number of Topliss-reactive ketones (excluding diaryl/α,β-unsaturated/α-hetero) is 2. The number of hydrogen-bond acceptors (Lipinski definition) is 14. The van der Waals surface area contributed by atoms with E-state index in [2.05, 4.69) is 30.6 Å². The van der Waals surface area contributed by atoms with Gasteiger partial charge in [0.1, 0.15) is 45.8 Å². The second kappa shape index (κ2) is 16.5. The van der Waals surface area contributed by atoms with Crippen molar-refractivity contribution < 1.29 is 40.0 Å². The second-order valence-electron chi connectivity index (χ2n) is 17.3. The monoisotopic (exact) mass is 917 g/mol. The summed E-state index contributed by atoms with van der Waals surface area (Å²) >= 11 is 0. The van der Waals surface area contributed by atoms with Crippen LogP contribution in [0.1, 0.15) is 68.2 Å². The predicted octanol–water partition coefficient (Wildman–Crippen LogP) is 2.65.